The van der Waals surface area contributed by atoms with Crippen molar-refractivity contribution in [3.05, 3.63) is 45.7 Å². The molecule has 2 N–H and O–H groups in total. The monoisotopic (exact) mass is 280 g/mol. The van der Waals surface area contributed by atoms with Gasteiger partial charge in [-0.05, 0) is 25.0 Å². The predicted molar refractivity (Wildman–Crippen MR) is 75.2 cm³/mol. The standard InChI is InChI=1S/C14H17FN2OS/c1-9-8-19-13(17-9)7-11(16)6-10-4-3-5-12(18-2)14(10)15/h3-5,8,11H,6-7,16H2,1-2H3. The van der Waals surface area contributed by atoms with E-state index in [4.69, 9.17) is 10.5 Å². The van der Waals surface area contributed by atoms with Crippen LogP contribution in [0.1, 0.15) is 16.3 Å². The van der Waals surface area contributed by atoms with Crippen LogP contribution < -0.4 is 10.5 Å². The average Bonchev–Trinajstić information content (AvgIpc) is 2.77. The van der Waals surface area contributed by atoms with Crippen molar-refractivity contribution in [2.45, 2.75) is 25.8 Å². The summed E-state index contributed by atoms with van der Waals surface area (Å²) in [4.78, 5) is 4.37. The Hall–Kier alpha value is -1.46. The third-order valence-corrected chi connectivity index (χ3v) is 3.84. The molecule has 0 aliphatic rings. The van der Waals surface area contributed by atoms with Crippen LogP contribution in [0, 0.1) is 12.7 Å². The lowest BCUT2D eigenvalue weighted by atomic mass is 10.0. The van der Waals surface area contributed by atoms with Crippen molar-refractivity contribution in [1.82, 2.24) is 4.98 Å². The van der Waals surface area contributed by atoms with Gasteiger partial charge in [0, 0.05) is 23.5 Å². The van der Waals surface area contributed by atoms with E-state index in [2.05, 4.69) is 4.98 Å². The Balaban J connectivity index is 2.04. The van der Waals surface area contributed by atoms with Crippen molar-refractivity contribution in [1.29, 1.82) is 0 Å². The molecule has 5 heteroatoms. The molecule has 0 saturated heterocycles. The highest BCUT2D eigenvalue weighted by atomic mass is 32.1. The molecule has 1 aromatic carbocycles. The molecule has 1 unspecified atom stereocenters. The summed E-state index contributed by atoms with van der Waals surface area (Å²) in [5, 5.41) is 2.99. The molecule has 0 radical (unpaired) electrons. The van der Waals surface area contributed by atoms with Crippen LogP contribution in [0.2, 0.25) is 0 Å². The molecule has 0 aliphatic carbocycles. The van der Waals surface area contributed by atoms with Gasteiger partial charge in [-0.25, -0.2) is 9.37 Å². The minimum Gasteiger partial charge on any atom is -0.494 e. The molecule has 19 heavy (non-hydrogen) atoms. The first-order chi connectivity index (χ1) is 9.10. The Morgan fingerprint density at radius 1 is 1.42 bits per heavy atom. The largest absolute Gasteiger partial charge is 0.494 e. The van der Waals surface area contributed by atoms with E-state index >= 15 is 0 Å². The zero-order valence-corrected chi connectivity index (χ0v) is 11.8. The summed E-state index contributed by atoms with van der Waals surface area (Å²) in [6.45, 7) is 1.95. The second kappa shape index (κ2) is 6.12. The van der Waals surface area contributed by atoms with Crippen LogP contribution in [-0.2, 0) is 12.8 Å². The molecule has 2 rings (SSSR count). The van der Waals surface area contributed by atoms with Crippen LogP contribution in [0.15, 0.2) is 23.6 Å². The van der Waals surface area contributed by atoms with Crippen LogP contribution in [0.25, 0.3) is 0 Å². The fraction of sp³-hybridized carbons (Fsp3) is 0.357. The fourth-order valence-corrected chi connectivity index (χ4v) is 2.81. The van der Waals surface area contributed by atoms with E-state index in [1.165, 1.54) is 7.11 Å². The molecule has 1 aromatic heterocycles. The number of benzene rings is 1. The summed E-state index contributed by atoms with van der Waals surface area (Å²) in [6.07, 6.45) is 1.14. The molecule has 1 atom stereocenters. The molecule has 2 aromatic rings. The maximum absolute atomic E-state index is 14.0. The number of hydrogen-bond donors (Lipinski definition) is 1. The van der Waals surface area contributed by atoms with Crippen LogP contribution in [0.5, 0.6) is 5.75 Å². The summed E-state index contributed by atoms with van der Waals surface area (Å²) in [7, 11) is 1.46. The second-order valence-electron chi connectivity index (χ2n) is 4.48. The molecular weight excluding hydrogens is 263 g/mol. The molecule has 0 fully saturated rings. The van der Waals surface area contributed by atoms with Gasteiger partial charge in [0.15, 0.2) is 11.6 Å². The summed E-state index contributed by atoms with van der Waals surface area (Å²) in [5.41, 5.74) is 7.65. The van der Waals surface area contributed by atoms with Gasteiger partial charge in [0.1, 0.15) is 0 Å². The molecule has 0 spiro atoms. The number of hydrogen-bond acceptors (Lipinski definition) is 4. The van der Waals surface area contributed by atoms with Crippen molar-refractivity contribution in [3.8, 4) is 5.75 Å². The third-order valence-electron chi connectivity index (χ3n) is 2.85. The minimum absolute atomic E-state index is 0.146. The van der Waals surface area contributed by atoms with Crippen LogP contribution in [0.3, 0.4) is 0 Å². The van der Waals surface area contributed by atoms with Crippen LogP contribution in [-0.4, -0.2) is 18.1 Å². The van der Waals surface area contributed by atoms with Gasteiger partial charge in [-0.15, -0.1) is 11.3 Å². The molecule has 0 saturated carbocycles. The molecule has 1 heterocycles. The number of nitrogens with two attached hydrogens (primary N) is 1. The highest BCUT2D eigenvalue weighted by Crippen LogP contribution is 2.21. The van der Waals surface area contributed by atoms with Gasteiger partial charge in [0.2, 0.25) is 0 Å². The van der Waals surface area contributed by atoms with Gasteiger partial charge in [0.25, 0.3) is 0 Å². The number of thiazole rings is 1. The molecule has 3 nitrogen and oxygen atoms in total. The lowest BCUT2D eigenvalue weighted by molar-refractivity contribution is 0.383. The minimum atomic E-state index is -0.323. The lowest BCUT2D eigenvalue weighted by Gasteiger charge is -2.12. The highest BCUT2D eigenvalue weighted by molar-refractivity contribution is 7.09. The van der Waals surface area contributed by atoms with Gasteiger partial charge in [0.05, 0.1) is 12.1 Å². The van der Waals surface area contributed by atoms with E-state index in [1.54, 1.807) is 29.5 Å². The Labute approximate surface area is 116 Å². The zero-order chi connectivity index (χ0) is 13.8. The number of rotatable bonds is 5. The molecule has 0 bridgehead atoms. The number of nitrogens with zero attached hydrogens (tertiary/aromatic N) is 1. The molecule has 0 aliphatic heterocycles. The Bertz CT molecular complexity index is 556. The van der Waals surface area contributed by atoms with Crippen LogP contribution in [0.4, 0.5) is 4.39 Å². The summed E-state index contributed by atoms with van der Waals surface area (Å²) in [5.74, 6) is -0.0643. The Morgan fingerprint density at radius 2 is 2.21 bits per heavy atom. The molecular formula is C14H17FN2OS. The summed E-state index contributed by atoms with van der Waals surface area (Å²) in [6, 6.07) is 4.98. The first-order valence-corrected chi connectivity index (χ1v) is 6.96. The van der Waals surface area contributed by atoms with Crippen molar-refractivity contribution in [3.63, 3.8) is 0 Å². The van der Waals surface area contributed by atoms with E-state index < -0.39 is 0 Å². The van der Waals surface area contributed by atoms with Crippen LogP contribution >= 0.6 is 11.3 Å². The van der Waals surface area contributed by atoms with Crippen molar-refractivity contribution in [2.75, 3.05) is 7.11 Å². The number of ether oxygens (including phenoxy) is 1. The van der Waals surface area contributed by atoms with Crippen molar-refractivity contribution < 1.29 is 9.13 Å². The number of aryl methyl sites for hydroxylation is 1. The van der Waals surface area contributed by atoms with Gasteiger partial charge < -0.3 is 10.5 Å². The van der Waals surface area contributed by atoms with Gasteiger partial charge in [-0.2, -0.15) is 0 Å². The van der Waals surface area contributed by atoms with E-state index in [9.17, 15) is 4.39 Å². The summed E-state index contributed by atoms with van der Waals surface area (Å²) < 4.78 is 18.9. The third kappa shape index (κ3) is 3.52. The van der Waals surface area contributed by atoms with Gasteiger partial charge >= 0.3 is 0 Å². The first kappa shape index (κ1) is 14.0. The number of aromatic nitrogens is 1. The lowest BCUT2D eigenvalue weighted by Crippen LogP contribution is -2.26. The van der Waals surface area contributed by atoms with E-state index in [-0.39, 0.29) is 17.6 Å². The maximum Gasteiger partial charge on any atom is 0.168 e. The Kier molecular flexibility index (Phi) is 4.50. The van der Waals surface area contributed by atoms with E-state index in [1.807, 2.05) is 12.3 Å². The van der Waals surface area contributed by atoms with E-state index in [0.29, 0.717) is 18.4 Å². The maximum atomic E-state index is 14.0. The van der Waals surface area contributed by atoms with Crippen molar-refractivity contribution >= 4 is 11.3 Å². The normalized spacial score (nSPS) is 12.4. The average molecular weight is 280 g/mol. The quantitative estimate of drug-likeness (QED) is 0.916. The first-order valence-electron chi connectivity index (χ1n) is 6.08. The fourth-order valence-electron chi connectivity index (χ4n) is 1.95. The summed E-state index contributed by atoms with van der Waals surface area (Å²) >= 11 is 1.59. The smallest absolute Gasteiger partial charge is 0.168 e. The zero-order valence-electron chi connectivity index (χ0n) is 11.0. The number of halogens is 1. The highest BCUT2D eigenvalue weighted by Gasteiger charge is 2.13. The van der Waals surface area contributed by atoms with Gasteiger partial charge in [-0.1, -0.05) is 12.1 Å². The second-order valence-corrected chi connectivity index (χ2v) is 5.43. The van der Waals surface area contributed by atoms with Gasteiger partial charge in [-0.3, -0.25) is 0 Å². The Morgan fingerprint density at radius 3 is 2.84 bits per heavy atom. The molecule has 0 amide bonds. The SMILES string of the molecule is COc1cccc(CC(N)Cc2nc(C)cs2)c1F. The topological polar surface area (TPSA) is 48.1 Å². The van der Waals surface area contributed by atoms with E-state index in [0.717, 1.165) is 10.7 Å². The van der Waals surface area contributed by atoms with Crippen molar-refractivity contribution in [2.24, 2.45) is 5.73 Å². The molecule has 102 valence electrons. The predicted octanol–water partition coefficient (Wildman–Crippen LogP) is 2.71. The number of methoxy groups -OCH3 is 1.